The molecule has 0 bridgehead atoms. The predicted molar refractivity (Wildman–Crippen MR) is 83.0 cm³/mol. The highest BCUT2D eigenvalue weighted by molar-refractivity contribution is 5.89. The van der Waals surface area contributed by atoms with E-state index in [9.17, 15) is 5.26 Å². The van der Waals surface area contributed by atoms with Crippen LogP contribution in [0, 0.1) is 31.8 Å². The molecule has 0 amide bonds. The molecule has 104 valence electrons. The van der Waals surface area contributed by atoms with Crippen molar-refractivity contribution in [2.75, 3.05) is 0 Å². The smallest absolute Gasteiger partial charge is 0.205 e. The van der Waals surface area contributed by atoms with Gasteiger partial charge in [-0.25, -0.2) is 4.85 Å². The number of aryl methyl sites for hydroxylation is 2. The van der Waals surface area contributed by atoms with Crippen LogP contribution < -0.4 is 4.68 Å². The Bertz CT molecular complexity index is 1040. The quantitative estimate of drug-likeness (QED) is 0.361. The average molecular weight is 285 g/mol. The predicted octanol–water partition coefficient (Wildman–Crippen LogP) is 3.32. The van der Waals surface area contributed by atoms with Gasteiger partial charge in [0.05, 0.1) is 29.2 Å². The van der Waals surface area contributed by atoms with Gasteiger partial charge in [-0.1, -0.05) is 12.1 Å². The van der Waals surface area contributed by atoms with Crippen molar-refractivity contribution in [1.29, 1.82) is 5.26 Å². The first-order valence-corrected chi connectivity index (χ1v) is 7.10. The third kappa shape index (κ3) is 1.47. The van der Waals surface area contributed by atoms with Crippen LogP contribution in [0.5, 0.6) is 0 Å². The standard InChI is InChI=1S/C18H13N4/c1-11-4-5-12(2)18-15(11)9-21-10-16-13(8-19)6-14(20-3)7-17(16)22(18)21/h4-7,10H,9H2,1-2H3/q+1. The van der Waals surface area contributed by atoms with Gasteiger partial charge in [-0.15, -0.1) is 9.36 Å². The largest absolute Gasteiger partial charge is 0.238 e. The Balaban J connectivity index is 2.16. The van der Waals surface area contributed by atoms with Crippen molar-refractivity contribution in [3.8, 4) is 11.8 Å². The van der Waals surface area contributed by atoms with Gasteiger partial charge in [0.2, 0.25) is 6.20 Å². The lowest BCUT2D eigenvalue weighted by atomic mass is 10.0. The van der Waals surface area contributed by atoms with Crippen molar-refractivity contribution < 1.29 is 4.68 Å². The van der Waals surface area contributed by atoms with Crippen molar-refractivity contribution in [2.45, 2.75) is 20.4 Å². The molecular weight excluding hydrogens is 272 g/mol. The van der Waals surface area contributed by atoms with Gasteiger partial charge in [0, 0.05) is 0 Å². The van der Waals surface area contributed by atoms with Gasteiger partial charge in [0.25, 0.3) is 0 Å². The number of nitrogens with zero attached hydrogens (tertiary/aromatic N) is 4. The summed E-state index contributed by atoms with van der Waals surface area (Å²) in [5.74, 6) is 0. The zero-order chi connectivity index (χ0) is 15.4. The maximum atomic E-state index is 9.37. The molecule has 4 heteroatoms. The van der Waals surface area contributed by atoms with E-state index >= 15 is 0 Å². The zero-order valence-electron chi connectivity index (χ0n) is 12.4. The third-order valence-electron chi connectivity index (χ3n) is 4.41. The third-order valence-corrected chi connectivity index (χ3v) is 4.41. The van der Waals surface area contributed by atoms with Gasteiger partial charge < -0.3 is 0 Å². The van der Waals surface area contributed by atoms with Crippen molar-refractivity contribution >= 4 is 16.6 Å². The van der Waals surface area contributed by atoms with Crippen LogP contribution in [0.4, 0.5) is 5.69 Å². The number of fused-ring (bicyclic) bond motifs is 5. The summed E-state index contributed by atoms with van der Waals surface area (Å²) < 4.78 is 4.27. The highest BCUT2D eigenvalue weighted by atomic mass is 15.4. The molecule has 0 radical (unpaired) electrons. The molecular formula is C18H13N4+. The van der Waals surface area contributed by atoms with Crippen LogP contribution in [0.2, 0.25) is 0 Å². The van der Waals surface area contributed by atoms with Crippen LogP contribution in [0.3, 0.4) is 0 Å². The van der Waals surface area contributed by atoms with Crippen LogP contribution in [0.15, 0.2) is 30.5 Å². The van der Waals surface area contributed by atoms with Crippen LogP contribution >= 0.6 is 0 Å². The van der Waals surface area contributed by atoms with E-state index in [1.165, 1.54) is 22.4 Å². The average Bonchev–Trinajstić information content (AvgIpc) is 3.06. The molecule has 3 aromatic rings. The van der Waals surface area contributed by atoms with Gasteiger partial charge in [-0.05, 0) is 37.1 Å². The highest BCUT2D eigenvalue weighted by Crippen LogP contribution is 2.32. The number of nitriles is 1. The van der Waals surface area contributed by atoms with Crippen LogP contribution in [0.25, 0.3) is 21.4 Å². The monoisotopic (exact) mass is 285 g/mol. The second-order valence-electron chi connectivity index (χ2n) is 5.71. The zero-order valence-corrected chi connectivity index (χ0v) is 12.4. The Hall–Kier alpha value is -3.11. The SMILES string of the molecule is [C-]#[N+]c1cc(C#N)c2c[n+]3n(c2c1)-c1c(C)ccc(C)c1C3. The topological polar surface area (TPSA) is 37.0 Å². The minimum absolute atomic E-state index is 0.504. The minimum atomic E-state index is 0.504. The Kier molecular flexibility index (Phi) is 2.40. The van der Waals surface area contributed by atoms with Crippen LogP contribution in [-0.2, 0) is 6.54 Å². The lowest BCUT2D eigenvalue weighted by Gasteiger charge is -2.05. The molecule has 4 nitrogen and oxygen atoms in total. The summed E-state index contributed by atoms with van der Waals surface area (Å²) in [6.07, 6.45) is 2.01. The van der Waals surface area contributed by atoms with Crippen molar-refractivity contribution in [3.63, 3.8) is 0 Å². The molecule has 1 aromatic heterocycles. The number of benzene rings is 2. The highest BCUT2D eigenvalue weighted by Gasteiger charge is 2.31. The van der Waals surface area contributed by atoms with E-state index in [0.717, 1.165) is 17.4 Å². The first kappa shape index (κ1) is 12.6. The summed E-state index contributed by atoms with van der Waals surface area (Å²) in [5, 5.41) is 10.3. The molecule has 22 heavy (non-hydrogen) atoms. The van der Waals surface area contributed by atoms with E-state index < -0.39 is 0 Å². The number of rotatable bonds is 0. The minimum Gasteiger partial charge on any atom is -0.238 e. The normalized spacial score (nSPS) is 11.8. The summed E-state index contributed by atoms with van der Waals surface area (Å²) in [7, 11) is 0. The second-order valence-corrected chi connectivity index (χ2v) is 5.71. The number of aromatic nitrogens is 2. The van der Waals surface area contributed by atoms with E-state index in [1.807, 2.05) is 12.3 Å². The van der Waals surface area contributed by atoms with E-state index in [2.05, 4.69) is 46.3 Å². The Morgan fingerprint density at radius 2 is 2.05 bits per heavy atom. The molecule has 0 saturated heterocycles. The molecule has 0 fully saturated rings. The van der Waals surface area contributed by atoms with Gasteiger partial charge in [0.1, 0.15) is 11.2 Å². The van der Waals surface area contributed by atoms with E-state index in [1.54, 1.807) is 6.07 Å². The van der Waals surface area contributed by atoms with Gasteiger partial charge in [-0.3, -0.25) is 0 Å². The fourth-order valence-corrected chi connectivity index (χ4v) is 3.31. The Labute approximate surface area is 128 Å². The van der Waals surface area contributed by atoms with Crippen molar-refractivity contribution in [2.24, 2.45) is 0 Å². The molecule has 1 aliphatic rings. The first-order valence-electron chi connectivity index (χ1n) is 7.10. The van der Waals surface area contributed by atoms with E-state index in [0.29, 0.717) is 11.3 Å². The summed E-state index contributed by atoms with van der Waals surface area (Å²) in [6, 6.07) is 10.0. The second kappa shape index (κ2) is 4.19. The van der Waals surface area contributed by atoms with E-state index in [4.69, 9.17) is 6.57 Å². The summed E-state index contributed by atoms with van der Waals surface area (Å²) in [5.41, 5.74) is 6.96. The fraction of sp³-hybridized carbons (Fsp3) is 0.167. The molecule has 1 aliphatic heterocycles. The molecule has 0 aliphatic carbocycles. The number of hydrogen-bond donors (Lipinski definition) is 0. The first-order chi connectivity index (χ1) is 10.6. The molecule has 0 saturated carbocycles. The van der Waals surface area contributed by atoms with E-state index in [-0.39, 0.29) is 0 Å². The molecule has 4 rings (SSSR count). The molecule has 0 unspecified atom stereocenters. The summed E-state index contributed by atoms with van der Waals surface area (Å²) in [6.45, 7) is 12.3. The van der Waals surface area contributed by atoms with Crippen molar-refractivity contribution in [1.82, 2.24) is 4.68 Å². The maximum Gasteiger partial charge on any atom is 0.205 e. The van der Waals surface area contributed by atoms with Gasteiger partial charge in [-0.2, -0.15) is 5.26 Å². The lowest BCUT2D eigenvalue weighted by molar-refractivity contribution is -0.749. The fourth-order valence-electron chi connectivity index (χ4n) is 3.31. The molecule has 0 N–H and O–H groups in total. The molecule has 2 heterocycles. The molecule has 0 atom stereocenters. The van der Waals surface area contributed by atoms with Crippen LogP contribution in [0.1, 0.15) is 22.3 Å². The Morgan fingerprint density at radius 1 is 1.27 bits per heavy atom. The van der Waals surface area contributed by atoms with Gasteiger partial charge >= 0.3 is 0 Å². The maximum absolute atomic E-state index is 9.37. The number of hydrogen-bond acceptors (Lipinski definition) is 1. The van der Waals surface area contributed by atoms with Crippen molar-refractivity contribution in [3.05, 3.63) is 64.1 Å². The summed E-state index contributed by atoms with van der Waals surface area (Å²) >= 11 is 0. The van der Waals surface area contributed by atoms with Crippen LogP contribution in [-0.4, -0.2) is 4.68 Å². The van der Waals surface area contributed by atoms with Gasteiger partial charge in [0.15, 0.2) is 12.2 Å². The molecule has 2 aromatic carbocycles. The summed E-state index contributed by atoms with van der Waals surface area (Å²) in [4.78, 5) is 3.51. The lowest BCUT2D eigenvalue weighted by Crippen LogP contribution is -2.36. The molecule has 0 spiro atoms. The Morgan fingerprint density at radius 3 is 2.77 bits per heavy atom.